The van der Waals surface area contributed by atoms with Crippen molar-refractivity contribution in [1.82, 2.24) is 20.1 Å². The van der Waals surface area contributed by atoms with E-state index in [0.717, 1.165) is 48.2 Å². The van der Waals surface area contributed by atoms with Crippen molar-refractivity contribution < 1.29 is 14.3 Å². The SMILES string of the molecule is Cl.Cn1ncc2cc(N3CC[C@H](O)C3)c(NC(=O)c3coc(C4=CCNCC4)n3)cc21. The molecule has 0 saturated carbocycles. The Morgan fingerprint density at radius 1 is 1.39 bits per heavy atom. The van der Waals surface area contributed by atoms with E-state index in [1.165, 1.54) is 6.26 Å². The van der Waals surface area contributed by atoms with E-state index in [4.69, 9.17) is 4.42 Å². The zero-order valence-corrected chi connectivity index (χ0v) is 18.0. The molecule has 1 aromatic carbocycles. The molecule has 2 aliphatic rings. The first-order chi connectivity index (χ1) is 14.6. The number of hydrogen-bond acceptors (Lipinski definition) is 7. The molecule has 0 aliphatic carbocycles. The van der Waals surface area contributed by atoms with Gasteiger partial charge < -0.3 is 25.1 Å². The van der Waals surface area contributed by atoms with Gasteiger partial charge in [0.2, 0.25) is 5.89 Å². The lowest BCUT2D eigenvalue weighted by molar-refractivity contribution is 0.102. The lowest BCUT2D eigenvalue weighted by atomic mass is 10.1. The second kappa shape index (κ2) is 8.70. The third kappa shape index (κ3) is 4.16. The summed E-state index contributed by atoms with van der Waals surface area (Å²) in [5.74, 6) is 0.161. The van der Waals surface area contributed by atoms with Gasteiger partial charge in [-0.05, 0) is 31.5 Å². The molecule has 3 aromatic rings. The van der Waals surface area contributed by atoms with E-state index < -0.39 is 0 Å². The van der Waals surface area contributed by atoms with Crippen LogP contribution in [0, 0.1) is 0 Å². The summed E-state index contributed by atoms with van der Waals surface area (Å²) in [4.78, 5) is 19.4. The van der Waals surface area contributed by atoms with Crippen LogP contribution in [-0.2, 0) is 7.05 Å². The fraction of sp³-hybridized carbons (Fsp3) is 0.381. The van der Waals surface area contributed by atoms with E-state index in [-0.39, 0.29) is 30.1 Å². The molecule has 1 saturated heterocycles. The number of β-amino-alcohol motifs (C(OH)–C–C–N with tert-alkyl or cyclic N) is 1. The normalized spacial score (nSPS) is 18.7. The van der Waals surface area contributed by atoms with Gasteiger partial charge in [0.25, 0.3) is 5.91 Å². The Morgan fingerprint density at radius 2 is 2.26 bits per heavy atom. The standard InChI is InChI=1S/C21H24N6O3.ClH/c1-26-18-9-16(19(8-14(18)10-23-26)27-7-4-15(28)11-27)24-20(29)17-12-30-21(25-17)13-2-5-22-6-3-13;/h2,8-10,12,15,22,28H,3-7,11H2,1H3,(H,24,29);1H/t15-;/m0./s1. The Kier molecular flexibility index (Phi) is 5.99. The largest absolute Gasteiger partial charge is 0.444 e. The van der Waals surface area contributed by atoms with Crippen LogP contribution in [-0.4, -0.2) is 58.1 Å². The van der Waals surface area contributed by atoms with E-state index in [1.807, 2.05) is 25.3 Å². The van der Waals surface area contributed by atoms with Crippen molar-refractivity contribution in [2.24, 2.45) is 7.05 Å². The number of carbonyl (C=O) groups excluding carboxylic acids is 1. The number of nitrogens with zero attached hydrogens (tertiary/aromatic N) is 4. The van der Waals surface area contributed by atoms with Gasteiger partial charge in [-0.25, -0.2) is 4.98 Å². The third-order valence-electron chi connectivity index (χ3n) is 5.69. The summed E-state index contributed by atoms with van der Waals surface area (Å²) in [6, 6.07) is 3.92. The van der Waals surface area contributed by atoms with Gasteiger partial charge in [-0.1, -0.05) is 6.08 Å². The fourth-order valence-corrected chi connectivity index (χ4v) is 4.04. The molecule has 3 N–H and O–H groups in total. The molecule has 164 valence electrons. The lowest BCUT2D eigenvalue weighted by Gasteiger charge is -2.22. The minimum atomic E-state index is -0.366. The van der Waals surface area contributed by atoms with Crippen LogP contribution in [0.2, 0.25) is 0 Å². The van der Waals surface area contributed by atoms with Crippen molar-refractivity contribution in [2.75, 3.05) is 36.4 Å². The monoisotopic (exact) mass is 444 g/mol. The first-order valence-corrected chi connectivity index (χ1v) is 10.1. The molecular formula is C21H25ClN6O3. The molecule has 31 heavy (non-hydrogen) atoms. The van der Waals surface area contributed by atoms with Crippen molar-refractivity contribution >= 4 is 46.2 Å². The number of aliphatic hydroxyl groups is 1. The van der Waals surface area contributed by atoms with Crippen LogP contribution in [0.5, 0.6) is 0 Å². The maximum Gasteiger partial charge on any atom is 0.277 e. The molecule has 1 atom stereocenters. The van der Waals surface area contributed by atoms with Gasteiger partial charge in [0.05, 0.1) is 29.2 Å². The predicted molar refractivity (Wildman–Crippen MR) is 121 cm³/mol. The summed E-state index contributed by atoms with van der Waals surface area (Å²) < 4.78 is 7.33. The second-order valence-corrected chi connectivity index (χ2v) is 7.76. The number of hydrogen-bond donors (Lipinski definition) is 3. The quantitative estimate of drug-likeness (QED) is 0.566. The van der Waals surface area contributed by atoms with E-state index in [2.05, 4.69) is 25.6 Å². The summed E-state index contributed by atoms with van der Waals surface area (Å²) in [6.07, 6.45) is 6.39. The smallest absolute Gasteiger partial charge is 0.277 e. The topological polar surface area (TPSA) is 108 Å². The maximum atomic E-state index is 12.9. The molecule has 1 fully saturated rings. The van der Waals surface area contributed by atoms with Crippen LogP contribution in [0.3, 0.4) is 0 Å². The van der Waals surface area contributed by atoms with Crippen LogP contribution < -0.4 is 15.5 Å². The second-order valence-electron chi connectivity index (χ2n) is 7.76. The number of carbonyl (C=O) groups is 1. The molecule has 5 rings (SSSR count). The Bertz CT molecular complexity index is 1140. The van der Waals surface area contributed by atoms with Crippen molar-refractivity contribution in [3.05, 3.63) is 42.3 Å². The van der Waals surface area contributed by atoms with E-state index in [1.54, 1.807) is 10.9 Å². The van der Waals surface area contributed by atoms with Crippen LogP contribution in [0.25, 0.3) is 16.5 Å². The number of aromatic nitrogens is 3. The number of aryl methyl sites for hydroxylation is 1. The van der Waals surface area contributed by atoms with E-state index in [9.17, 15) is 9.90 Å². The van der Waals surface area contributed by atoms with Gasteiger partial charge in [0.1, 0.15) is 6.26 Å². The molecule has 0 spiro atoms. The number of rotatable bonds is 4. The Hall–Kier alpha value is -2.88. The zero-order valence-electron chi connectivity index (χ0n) is 17.2. The number of halogens is 1. The van der Waals surface area contributed by atoms with Gasteiger partial charge in [0.15, 0.2) is 5.69 Å². The molecule has 0 radical (unpaired) electrons. The molecule has 0 bridgehead atoms. The highest BCUT2D eigenvalue weighted by Crippen LogP contribution is 2.34. The number of aliphatic hydroxyl groups excluding tert-OH is 1. The van der Waals surface area contributed by atoms with Crippen LogP contribution >= 0.6 is 12.4 Å². The molecule has 9 nitrogen and oxygen atoms in total. The Balaban J connectivity index is 0.00000231. The molecule has 0 unspecified atom stereocenters. The summed E-state index contributed by atoms with van der Waals surface area (Å²) in [5, 5.41) is 21.5. The van der Waals surface area contributed by atoms with Gasteiger partial charge in [-0.15, -0.1) is 12.4 Å². The first-order valence-electron chi connectivity index (χ1n) is 10.1. The van der Waals surface area contributed by atoms with Crippen LogP contribution in [0.4, 0.5) is 11.4 Å². The van der Waals surface area contributed by atoms with Crippen LogP contribution in [0.15, 0.2) is 35.1 Å². The van der Waals surface area contributed by atoms with Gasteiger partial charge in [-0.3, -0.25) is 9.48 Å². The highest BCUT2D eigenvalue weighted by Gasteiger charge is 2.25. The summed E-state index contributed by atoms with van der Waals surface area (Å²) in [7, 11) is 1.86. The molecule has 2 aromatic heterocycles. The maximum absolute atomic E-state index is 12.9. The zero-order chi connectivity index (χ0) is 20.7. The predicted octanol–water partition coefficient (Wildman–Crippen LogP) is 2.18. The van der Waals surface area contributed by atoms with Gasteiger partial charge in [-0.2, -0.15) is 5.10 Å². The van der Waals surface area contributed by atoms with Gasteiger partial charge in [0, 0.05) is 37.6 Å². The summed E-state index contributed by atoms with van der Waals surface area (Å²) >= 11 is 0. The first kappa shape index (κ1) is 21.4. The number of fused-ring (bicyclic) bond motifs is 1. The molecule has 2 aliphatic heterocycles. The Labute approximate surface area is 185 Å². The minimum Gasteiger partial charge on any atom is -0.444 e. The number of oxazole rings is 1. The fourth-order valence-electron chi connectivity index (χ4n) is 4.04. The number of benzene rings is 1. The highest BCUT2D eigenvalue weighted by atomic mass is 35.5. The van der Waals surface area contributed by atoms with Crippen LogP contribution in [0.1, 0.15) is 29.2 Å². The molecule has 1 amide bonds. The average Bonchev–Trinajstić information content (AvgIpc) is 3.49. The molecule has 10 heteroatoms. The molecule has 4 heterocycles. The number of amides is 1. The number of anilines is 2. The highest BCUT2D eigenvalue weighted by molar-refractivity contribution is 6.06. The van der Waals surface area contributed by atoms with Crippen molar-refractivity contribution in [3.8, 4) is 0 Å². The van der Waals surface area contributed by atoms with Crippen molar-refractivity contribution in [2.45, 2.75) is 18.9 Å². The lowest BCUT2D eigenvalue weighted by Crippen LogP contribution is -2.23. The van der Waals surface area contributed by atoms with E-state index in [0.29, 0.717) is 24.5 Å². The number of nitrogens with one attached hydrogen (secondary N) is 2. The molecular weight excluding hydrogens is 420 g/mol. The summed E-state index contributed by atoms with van der Waals surface area (Å²) in [6.45, 7) is 2.90. The minimum absolute atomic E-state index is 0. The average molecular weight is 445 g/mol. The van der Waals surface area contributed by atoms with Crippen molar-refractivity contribution in [1.29, 1.82) is 0 Å². The van der Waals surface area contributed by atoms with Gasteiger partial charge >= 0.3 is 0 Å². The van der Waals surface area contributed by atoms with Crippen molar-refractivity contribution in [3.63, 3.8) is 0 Å². The van der Waals surface area contributed by atoms with E-state index >= 15 is 0 Å². The Morgan fingerprint density at radius 3 is 3.00 bits per heavy atom. The third-order valence-corrected chi connectivity index (χ3v) is 5.69. The summed E-state index contributed by atoms with van der Waals surface area (Å²) in [5.41, 5.74) is 3.69.